The number of tetrazole rings is 1. The Balaban J connectivity index is 1.52. The summed E-state index contributed by atoms with van der Waals surface area (Å²) in [6, 6.07) is 17.9. The van der Waals surface area contributed by atoms with Crippen LogP contribution < -0.4 is 16.0 Å². The summed E-state index contributed by atoms with van der Waals surface area (Å²) >= 11 is 12.5. The molecule has 40 heavy (non-hydrogen) atoms. The van der Waals surface area contributed by atoms with Gasteiger partial charge in [-0.25, -0.2) is 4.79 Å². The van der Waals surface area contributed by atoms with Crippen molar-refractivity contribution in [3.8, 4) is 5.69 Å². The molecule has 11 nitrogen and oxygen atoms in total. The van der Waals surface area contributed by atoms with E-state index in [0.29, 0.717) is 27.6 Å². The van der Waals surface area contributed by atoms with E-state index in [9.17, 15) is 14.4 Å². The lowest BCUT2D eigenvalue weighted by Gasteiger charge is -2.19. The molecule has 4 aromatic rings. The molecule has 0 saturated carbocycles. The van der Waals surface area contributed by atoms with Gasteiger partial charge < -0.3 is 15.4 Å². The fraction of sp³-hybridized carbons (Fsp3) is 0.111. The molecule has 0 aliphatic carbocycles. The Labute approximate surface area is 239 Å². The predicted molar refractivity (Wildman–Crippen MR) is 151 cm³/mol. The smallest absolute Gasteiger partial charge is 0.411 e. The summed E-state index contributed by atoms with van der Waals surface area (Å²) in [5.74, 6) is -0.999. The Morgan fingerprint density at radius 3 is 2.52 bits per heavy atom. The number of carbonyl (C=O) groups excluding carboxylic acids is 3. The summed E-state index contributed by atoms with van der Waals surface area (Å²) in [4.78, 5) is 37.7. The molecule has 13 heteroatoms. The lowest BCUT2D eigenvalue weighted by molar-refractivity contribution is -0.123. The molecule has 4 rings (SSSR count). The highest BCUT2D eigenvalue weighted by atomic mass is 35.5. The first kappa shape index (κ1) is 28.3. The molecule has 0 fully saturated rings. The third-order valence-electron chi connectivity index (χ3n) is 5.57. The van der Waals surface area contributed by atoms with Gasteiger partial charge in [-0.05, 0) is 58.5 Å². The van der Waals surface area contributed by atoms with Crippen LogP contribution in [-0.4, -0.2) is 51.3 Å². The van der Waals surface area contributed by atoms with Crippen molar-refractivity contribution < 1.29 is 19.1 Å². The normalized spacial score (nSPS) is 11.6. The highest BCUT2D eigenvalue weighted by Gasteiger charge is 2.22. The number of carbonyl (C=O) groups is 3. The molecule has 0 aliphatic rings. The lowest BCUT2D eigenvalue weighted by Crippen LogP contribution is -2.44. The summed E-state index contributed by atoms with van der Waals surface area (Å²) < 4.78 is 6.01. The summed E-state index contributed by atoms with van der Waals surface area (Å²) in [6.45, 7) is 0. The number of methoxy groups -OCH3 is 1. The second-order valence-electron chi connectivity index (χ2n) is 8.34. The van der Waals surface area contributed by atoms with Gasteiger partial charge in [-0.1, -0.05) is 53.5 Å². The van der Waals surface area contributed by atoms with Crippen LogP contribution in [0.1, 0.15) is 11.1 Å². The molecule has 0 saturated heterocycles. The lowest BCUT2D eigenvalue weighted by atomic mass is 10.0. The number of amides is 3. The number of rotatable bonds is 9. The molecule has 3 aromatic carbocycles. The number of aromatic nitrogens is 4. The van der Waals surface area contributed by atoms with E-state index < -0.39 is 23.9 Å². The summed E-state index contributed by atoms with van der Waals surface area (Å²) in [6.07, 6.45) is 3.84. The molecule has 1 aromatic heterocycles. The van der Waals surface area contributed by atoms with Crippen molar-refractivity contribution in [2.45, 2.75) is 12.5 Å². The number of nitrogens with zero attached hydrogens (tertiary/aromatic N) is 4. The van der Waals surface area contributed by atoms with Gasteiger partial charge in [0.05, 0.1) is 23.5 Å². The number of hydrogen-bond donors (Lipinski definition) is 3. The van der Waals surface area contributed by atoms with Crippen LogP contribution in [0.2, 0.25) is 10.0 Å². The third-order valence-corrected chi connectivity index (χ3v) is 6.12. The summed E-state index contributed by atoms with van der Waals surface area (Å²) in [5.41, 5.74) is 2.72. The molecule has 0 radical (unpaired) electrons. The number of anilines is 2. The SMILES string of the molecule is COC(=O)Nc1ccc(NC(=O)[C@H](Cc2ccccc2)NC(=O)/C=C/c2cc(Cl)ccc2-n2cnnn2)c(Cl)c1. The van der Waals surface area contributed by atoms with Crippen LogP contribution in [0.4, 0.5) is 16.2 Å². The van der Waals surface area contributed by atoms with Crippen molar-refractivity contribution >= 4 is 58.6 Å². The van der Waals surface area contributed by atoms with Crippen LogP contribution in [0.5, 0.6) is 0 Å². The minimum atomic E-state index is -0.943. The van der Waals surface area contributed by atoms with Gasteiger partial charge in [-0.3, -0.25) is 14.9 Å². The van der Waals surface area contributed by atoms with Gasteiger partial charge in [0, 0.05) is 28.8 Å². The van der Waals surface area contributed by atoms with E-state index in [0.717, 1.165) is 5.56 Å². The Bertz CT molecular complexity index is 1530. The van der Waals surface area contributed by atoms with Crippen LogP contribution in [0, 0.1) is 0 Å². The highest BCUT2D eigenvalue weighted by molar-refractivity contribution is 6.34. The predicted octanol–water partition coefficient (Wildman–Crippen LogP) is 4.53. The zero-order valence-corrected chi connectivity index (χ0v) is 22.6. The molecular formula is C27H23Cl2N7O4. The fourth-order valence-electron chi connectivity index (χ4n) is 3.67. The Hall–Kier alpha value is -4.74. The van der Waals surface area contributed by atoms with Crippen LogP contribution in [0.25, 0.3) is 11.8 Å². The fourth-order valence-corrected chi connectivity index (χ4v) is 4.07. The van der Waals surface area contributed by atoms with E-state index in [-0.39, 0.29) is 11.4 Å². The van der Waals surface area contributed by atoms with E-state index in [4.69, 9.17) is 23.2 Å². The maximum atomic E-state index is 13.3. The molecule has 1 heterocycles. The molecule has 3 amide bonds. The molecule has 0 unspecified atom stereocenters. The Morgan fingerprint density at radius 2 is 1.82 bits per heavy atom. The molecule has 3 N–H and O–H groups in total. The van der Waals surface area contributed by atoms with Crippen molar-refractivity contribution in [3.05, 3.63) is 100 Å². The van der Waals surface area contributed by atoms with Gasteiger partial charge in [-0.2, -0.15) is 4.68 Å². The molecule has 1 atom stereocenters. The van der Waals surface area contributed by atoms with Crippen molar-refractivity contribution in [1.82, 2.24) is 25.5 Å². The second-order valence-corrected chi connectivity index (χ2v) is 9.19. The maximum Gasteiger partial charge on any atom is 0.411 e. The zero-order valence-electron chi connectivity index (χ0n) is 21.0. The standard InChI is InChI=1S/C27H23Cl2N7O4/c1-40-27(39)31-20-9-10-22(21(29)15-20)33-26(38)23(13-17-5-3-2-4-6-17)32-25(37)12-7-18-14-19(28)8-11-24(18)36-16-30-34-35-36/h2-12,14-16,23H,13H2,1H3,(H,31,39)(H,32,37)(H,33,38)/b12-7+/t23-/m0/s1. The quantitative estimate of drug-likeness (QED) is 0.247. The largest absolute Gasteiger partial charge is 0.453 e. The van der Waals surface area contributed by atoms with Gasteiger partial charge in [0.1, 0.15) is 12.4 Å². The second kappa shape index (κ2) is 13.4. The van der Waals surface area contributed by atoms with Crippen LogP contribution in [-0.2, 0) is 20.7 Å². The van der Waals surface area contributed by atoms with Crippen molar-refractivity contribution in [1.29, 1.82) is 0 Å². The topological polar surface area (TPSA) is 140 Å². The minimum absolute atomic E-state index is 0.183. The number of nitrogens with one attached hydrogen (secondary N) is 3. The van der Waals surface area contributed by atoms with Gasteiger partial charge in [0.25, 0.3) is 0 Å². The van der Waals surface area contributed by atoms with Crippen LogP contribution in [0.15, 0.2) is 79.1 Å². The monoisotopic (exact) mass is 579 g/mol. The van der Waals surface area contributed by atoms with Crippen LogP contribution in [0.3, 0.4) is 0 Å². The van der Waals surface area contributed by atoms with Crippen molar-refractivity contribution in [2.24, 2.45) is 0 Å². The number of benzene rings is 3. The van der Waals surface area contributed by atoms with Gasteiger partial charge in [0.2, 0.25) is 11.8 Å². The van der Waals surface area contributed by atoms with Crippen molar-refractivity contribution in [3.63, 3.8) is 0 Å². The molecular weight excluding hydrogens is 557 g/mol. The van der Waals surface area contributed by atoms with Gasteiger partial charge in [0.15, 0.2) is 0 Å². The third kappa shape index (κ3) is 7.65. The number of halogens is 2. The first-order valence-electron chi connectivity index (χ1n) is 11.8. The number of hydrogen-bond acceptors (Lipinski definition) is 7. The molecule has 0 bridgehead atoms. The average molecular weight is 580 g/mol. The Kier molecular flexibility index (Phi) is 9.44. The van der Waals surface area contributed by atoms with Crippen molar-refractivity contribution in [2.75, 3.05) is 17.7 Å². The first-order valence-corrected chi connectivity index (χ1v) is 12.6. The van der Waals surface area contributed by atoms with E-state index in [1.807, 2.05) is 30.3 Å². The highest BCUT2D eigenvalue weighted by Crippen LogP contribution is 2.26. The summed E-state index contributed by atoms with van der Waals surface area (Å²) in [5, 5.41) is 19.8. The minimum Gasteiger partial charge on any atom is -0.453 e. The first-order chi connectivity index (χ1) is 19.3. The number of ether oxygens (including phenoxy) is 1. The molecule has 204 valence electrons. The van der Waals surface area contributed by atoms with E-state index in [1.54, 1.807) is 30.3 Å². The van der Waals surface area contributed by atoms with E-state index >= 15 is 0 Å². The van der Waals surface area contributed by atoms with Gasteiger partial charge >= 0.3 is 6.09 Å². The van der Waals surface area contributed by atoms with Gasteiger partial charge in [-0.15, -0.1) is 5.10 Å². The molecule has 0 spiro atoms. The molecule has 0 aliphatic heterocycles. The average Bonchev–Trinajstić information content (AvgIpc) is 3.48. The van der Waals surface area contributed by atoms with E-state index in [2.05, 4.69) is 36.2 Å². The maximum absolute atomic E-state index is 13.3. The van der Waals surface area contributed by atoms with E-state index in [1.165, 1.54) is 36.3 Å². The zero-order chi connectivity index (χ0) is 28.5. The summed E-state index contributed by atoms with van der Waals surface area (Å²) in [7, 11) is 1.24. The Morgan fingerprint density at radius 1 is 1.02 bits per heavy atom. The van der Waals surface area contributed by atoms with Crippen LogP contribution >= 0.6 is 23.2 Å².